The van der Waals surface area contributed by atoms with Crippen LogP contribution in [0.5, 0.6) is 5.75 Å². The number of nitrogens with zero attached hydrogens (tertiary/aromatic N) is 1. The molecular formula is C24H29NO3. The second-order valence-corrected chi connectivity index (χ2v) is 7.88. The van der Waals surface area contributed by atoms with Crippen LogP contribution in [0.1, 0.15) is 46.7 Å². The molecule has 4 heteroatoms. The molecule has 4 nitrogen and oxygen atoms in total. The zero-order valence-electron chi connectivity index (χ0n) is 16.9. The molecule has 0 heterocycles. The molecule has 2 aromatic carbocycles. The zero-order valence-corrected chi connectivity index (χ0v) is 16.9. The first-order chi connectivity index (χ1) is 13.5. The van der Waals surface area contributed by atoms with Gasteiger partial charge in [0.2, 0.25) is 0 Å². The molecule has 3 rings (SSSR count). The van der Waals surface area contributed by atoms with E-state index in [1.165, 1.54) is 11.1 Å². The van der Waals surface area contributed by atoms with Crippen LogP contribution in [-0.2, 0) is 0 Å². The summed E-state index contributed by atoms with van der Waals surface area (Å²) in [7, 11) is 5.97. The smallest absolute Gasteiger partial charge is 0.335 e. The summed E-state index contributed by atoms with van der Waals surface area (Å²) in [6.45, 7) is 1.06. The highest BCUT2D eigenvalue weighted by Gasteiger charge is 2.29. The SMILES string of the molecule is COc1cccc([C@H]2C/C(=C\c3cccc(C(=O)O)c3)CC[C@H]2CN(C)C)c1. The van der Waals surface area contributed by atoms with Gasteiger partial charge in [-0.2, -0.15) is 0 Å². The third kappa shape index (κ3) is 5.02. The van der Waals surface area contributed by atoms with Crippen LogP contribution in [0.4, 0.5) is 0 Å². The van der Waals surface area contributed by atoms with E-state index in [9.17, 15) is 9.90 Å². The zero-order chi connectivity index (χ0) is 20.1. The van der Waals surface area contributed by atoms with Gasteiger partial charge < -0.3 is 14.7 Å². The lowest BCUT2D eigenvalue weighted by Gasteiger charge is -2.35. The van der Waals surface area contributed by atoms with E-state index in [0.29, 0.717) is 17.4 Å². The Morgan fingerprint density at radius 2 is 2.00 bits per heavy atom. The minimum atomic E-state index is -0.885. The van der Waals surface area contributed by atoms with Gasteiger partial charge in [0.15, 0.2) is 0 Å². The summed E-state index contributed by atoms with van der Waals surface area (Å²) in [4.78, 5) is 13.5. The largest absolute Gasteiger partial charge is 0.497 e. The monoisotopic (exact) mass is 379 g/mol. The Morgan fingerprint density at radius 1 is 1.21 bits per heavy atom. The molecule has 2 atom stereocenters. The van der Waals surface area contributed by atoms with Crippen molar-refractivity contribution in [1.82, 2.24) is 4.90 Å². The van der Waals surface area contributed by atoms with E-state index in [0.717, 1.165) is 37.1 Å². The highest BCUT2D eigenvalue weighted by Crippen LogP contribution is 2.42. The Labute approximate surface area is 167 Å². The number of methoxy groups -OCH3 is 1. The van der Waals surface area contributed by atoms with Crippen molar-refractivity contribution in [2.45, 2.75) is 25.2 Å². The Hall–Kier alpha value is -2.59. The minimum Gasteiger partial charge on any atom is -0.497 e. The topological polar surface area (TPSA) is 49.8 Å². The van der Waals surface area contributed by atoms with E-state index in [2.05, 4.69) is 43.3 Å². The van der Waals surface area contributed by atoms with Crippen LogP contribution < -0.4 is 4.74 Å². The van der Waals surface area contributed by atoms with Gasteiger partial charge in [0.25, 0.3) is 0 Å². The maximum atomic E-state index is 11.3. The van der Waals surface area contributed by atoms with Crippen molar-refractivity contribution >= 4 is 12.0 Å². The second kappa shape index (κ2) is 9.07. The van der Waals surface area contributed by atoms with Gasteiger partial charge >= 0.3 is 5.97 Å². The number of hydrogen-bond acceptors (Lipinski definition) is 3. The van der Waals surface area contributed by atoms with Gasteiger partial charge in [-0.05, 0) is 80.6 Å². The van der Waals surface area contributed by atoms with Crippen molar-refractivity contribution in [3.8, 4) is 5.75 Å². The molecule has 0 saturated heterocycles. The number of carbonyl (C=O) groups is 1. The van der Waals surface area contributed by atoms with Crippen LogP contribution in [0.15, 0.2) is 54.1 Å². The summed E-state index contributed by atoms with van der Waals surface area (Å²) in [6.07, 6.45) is 5.34. The Kier molecular flexibility index (Phi) is 6.53. The summed E-state index contributed by atoms with van der Waals surface area (Å²) < 4.78 is 5.44. The van der Waals surface area contributed by atoms with Gasteiger partial charge in [0.05, 0.1) is 12.7 Å². The van der Waals surface area contributed by atoms with Crippen LogP contribution in [0.25, 0.3) is 6.08 Å². The van der Waals surface area contributed by atoms with Crippen molar-refractivity contribution < 1.29 is 14.6 Å². The molecule has 1 saturated carbocycles. The fourth-order valence-corrected chi connectivity index (χ4v) is 4.20. The fraction of sp³-hybridized carbons (Fsp3) is 0.375. The highest BCUT2D eigenvalue weighted by molar-refractivity contribution is 5.88. The van der Waals surface area contributed by atoms with Crippen LogP contribution >= 0.6 is 0 Å². The molecule has 28 heavy (non-hydrogen) atoms. The third-order valence-corrected chi connectivity index (χ3v) is 5.51. The number of ether oxygens (including phenoxy) is 1. The number of hydrogen-bond donors (Lipinski definition) is 1. The third-order valence-electron chi connectivity index (χ3n) is 5.51. The predicted molar refractivity (Wildman–Crippen MR) is 113 cm³/mol. The molecular weight excluding hydrogens is 350 g/mol. The summed E-state index contributed by atoms with van der Waals surface area (Å²) in [5.74, 6) is 1.03. The van der Waals surface area contributed by atoms with E-state index in [1.54, 1.807) is 19.2 Å². The van der Waals surface area contributed by atoms with Gasteiger partial charge in [-0.25, -0.2) is 4.79 Å². The fourth-order valence-electron chi connectivity index (χ4n) is 4.20. The Bertz CT molecular complexity index is 856. The molecule has 0 aromatic heterocycles. The number of carboxylic acid groups (broad SMARTS) is 1. The first kappa shape index (κ1) is 20.2. The van der Waals surface area contributed by atoms with E-state index in [1.807, 2.05) is 18.2 Å². The average Bonchev–Trinajstić information content (AvgIpc) is 2.69. The lowest BCUT2D eigenvalue weighted by molar-refractivity contribution is 0.0697. The number of aromatic carboxylic acids is 1. The van der Waals surface area contributed by atoms with E-state index < -0.39 is 5.97 Å². The Balaban J connectivity index is 1.88. The van der Waals surface area contributed by atoms with Crippen molar-refractivity contribution in [3.63, 3.8) is 0 Å². The standard InChI is InChI=1S/C24H29NO3/c1-25(2)16-21-11-10-18(12-17-6-4-8-20(13-17)24(26)27)14-23(21)19-7-5-9-22(15-19)28-3/h4-9,12-13,15,21,23H,10-11,14,16H2,1-3H3,(H,26,27)/b18-12-/t21-,23+/m0/s1. The van der Waals surface area contributed by atoms with E-state index >= 15 is 0 Å². The first-order valence-electron chi connectivity index (χ1n) is 9.77. The molecule has 0 amide bonds. The maximum Gasteiger partial charge on any atom is 0.335 e. The highest BCUT2D eigenvalue weighted by atomic mass is 16.5. The maximum absolute atomic E-state index is 11.3. The number of allylic oxidation sites excluding steroid dienone is 1. The molecule has 1 fully saturated rings. The number of carboxylic acids is 1. The molecule has 2 aromatic rings. The van der Waals surface area contributed by atoms with Crippen molar-refractivity contribution in [1.29, 1.82) is 0 Å². The second-order valence-electron chi connectivity index (χ2n) is 7.88. The molecule has 148 valence electrons. The number of rotatable bonds is 6. The summed E-state index contributed by atoms with van der Waals surface area (Å²) in [6, 6.07) is 15.6. The first-order valence-corrected chi connectivity index (χ1v) is 9.77. The van der Waals surface area contributed by atoms with Gasteiger partial charge in [-0.3, -0.25) is 0 Å². The lowest BCUT2D eigenvalue weighted by atomic mass is 9.73. The van der Waals surface area contributed by atoms with E-state index in [-0.39, 0.29) is 0 Å². The normalized spacial score (nSPS) is 21.1. The van der Waals surface area contributed by atoms with Crippen molar-refractivity contribution in [3.05, 3.63) is 70.8 Å². The predicted octanol–water partition coefficient (Wildman–Crippen LogP) is 4.92. The van der Waals surface area contributed by atoms with Crippen molar-refractivity contribution in [2.75, 3.05) is 27.7 Å². The average molecular weight is 380 g/mol. The molecule has 0 radical (unpaired) electrons. The summed E-state index contributed by atoms with van der Waals surface area (Å²) >= 11 is 0. The Morgan fingerprint density at radius 3 is 2.71 bits per heavy atom. The molecule has 1 N–H and O–H groups in total. The number of benzene rings is 2. The molecule has 0 bridgehead atoms. The van der Waals surface area contributed by atoms with Gasteiger partial charge in [0, 0.05) is 6.54 Å². The summed E-state index contributed by atoms with van der Waals surface area (Å²) in [5, 5.41) is 9.24. The van der Waals surface area contributed by atoms with Gasteiger partial charge in [-0.1, -0.05) is 35.9 Å². The van der Waals surface area contributed by atoms with Gasteiger partial charge in [-0.15, -0.1) is 0 Å². The van der Waals surface area contributed by atoms with Crippen molar-refractivity contribution in [2.24, 2.45) is 5.92 Å². The van der Waals surface area contributed by atoms with Crippen LogP contribution in [0, 0.1) is 5.92 Å². The van der Waals surface area contributed by atoms with Gasteiger partial charge in [0.1, 0.15) is 5.75 Å². The van der Waals surface area contributed by atoms with E-state index in [4.69, 9.17) is 4.74 Å². The lowest BCUT2D eigenvalue weighted by Crippen LogP contribution is -2.29. The quantitative estimate of drug-likeness (QED) is 0.774. The van der Waals surface area contributed by atoms with Crippen LogP contribution in [0.2, 0.25) is 0 Å². The summed E-state index contributed by atoms with van der Waals surface area (Å²) in [5.41, 5.74) is 3.99. The molecule has 1 aliphatic rings. The van der Waals surface area contributed by atoms with Crippen LogP contribution in [0.3, 0.4) is 0 Å². The minimum absolute atomic E-state index is 0.333. The molecule has 0 unspecified atom stereocenters. The van der Waals surface area contributed by atoms with Crippen LogP contribution in [-0.4, -0.2) is 43.7 Å². The molecule has 1 aliphatic carbocycles. The molecule has 0 spiro atoms. The molecule has 0 aliphatic heterocycles.